The van der Waals surface area contributed by atoms with Crippen LogP contribution >= 0.6 is 21.4 Å². The van der Waals surface area contributed by atoms with Crippen molar-refractivity contribution < 1.29 is 35.9 Å². The van der Waals surface area contributed by atoms with Crippen molar-refractivity contribution in [2.75, 3.05) is 0 Å². The molecule has 0 aromatic heterocycles. The lowest BCUT2D eigenvalue weighted by Crippen LogP contribution is -2.06. The SMILES string of the molecule is CC(=O)Oc1cc(OC(C)=O)c2ccc3c(S(=O)(=O)Cl)cc(S(=O)(=O)Cl)c4ccc1c2c43. The second kappa shape index (κ2) is 7.45. The minimum Gasteiger partial charge on any atom is -0.426 e. The third kappa shape index (κ3) is 3.73. The second-order valence-corrected chi connectivity index (χ2v) is 11.9. The first-order valence-electron chi connectivity index (χ1n) is 8.83. The third-order valence-electron chi connectivity index (χ3n) is 4.78. The van der Waals surface area contributed by atoms with Crippen LogP contribution in [0.3, 0.4) is 0 Å². The molecule has 32 heavy (non-hydrogen) atoms. The Balaban J connectivity index is 2.35. The van der Waals surface area contributed by atoms with Gasteiger partial charge in [0.25, 0.3) is 18.1 Å². The predicted molar refractivity (Wildman–Crippen MR) is 119 cm³/mol. The highest BCUT2D eigenvalue weighted by Crippen LogP contribution is 2.47. The predicted octanol–water partition coefficient (Wildman–Crippen LogP) is 4.29. The molecule has 0 bridgehead atoms. The van der Waals surface area contributed by atoms with Crippen molar-refractivity contribution in [2.24, 2.45) is 0 Å². The number of rotatable bonds is 4. The Bertz CT molecular complexity index is 1560. The molecule has 8 nitrogen and oxygen atoms in total. The van der Waals surface area contributed by atoms with Gasteiger partial charge in [0.1, 0.15) is 11.5 Å². The fourth-order valence-corrected chi connectivity index (χ4v) is 5.97. The molecule has 0 amide bonds. The lowest BCUT2D eigenvalue weighted by Gasteiger charge is -2.18. The Kier molecular flexibility index (Phi) is 5.24. The Morgan fingerprint density at radius 1 is 0.656 bits per heavy atom. The maximum atomic E-state index is 12.3. The normalized spacial score (nSPS) is 12.5. The quantitative estimate of drug-likeness (QED) is 0.171. The molecule has 0 fully saturated rings. The van der Waals surface area contributed by atoms with Crippen LogP contribution in [0.1, 0.15) is 13.8 Å². The van der Waals surface area contributed by atoms with Crippen molar-refractivity contribution in [3.8, 4) is 11.5 Å². The fraction of sp³-hybridized carbons (Fsp3) is 0.100. The van der Waals surface area contributed by atoms with Crippen molar-refractivity contribution in [1.82, 2.24) is 0 Å². The average Bonchev–Trinajstić information content (AvgIpc) is 2.64. The molecule has 0 radical (unpaired) electrons. The zero-order valence-electron chi connectivity index (χ0n) is 16.3. The Labute approximate surface area is 190 Å². The molecular formula is C20H12Cl2O8S2. The molecule has 0 saturated carbocycles. The van der Waals surface area contributed by atoms with Crippen LogP contribution in [0, 0.1) is 0 Å². The number of carbonyl (C=O) groups is 2. The summed E-state index contributed by atoms with van der Waals surface area (Å²) in [5.41, 5.74) is 0. The van der Waals surface area contributed by atoms with Gasteiger partial charge in [-0.15, -0.1) is 0 Å². The van der Waals surface area contributed by atoms with E-state index in [1.54, 1.807) is 0 Å². The number of hydrogen-bond acceptors (Lipinski definition) is 8. The van der Waals surface area contributed by atoms with Crippen LogP contribution < -0.4 is 9.47 Å². The fourth-order valence-electron chi connectivity index (χ4n) is 3.75. The van der Waals surface area contributed by atoms with Crippen LogP contribution in [0.2, 0.25) is 0 Å². The smallest absolute Gasteiger partial charge is 0.308 e. The summed E-state index contributed by atoms with van der Waals surface area (Å²) in [5.74, 6) is -1.24. The molecule has 0 aliphatic rings. The van der Waals surface area contributed by atoms with Gasteiger partial charge in [0, 0.05) is 73.6 Å². The largest absolute Gasteiger partial charge is 0.426 e. The monoisotopic (exact) mass is 514 g/mol. The molecule has 0 heterocycles. The van der Waals surface area contributed by atoms with Gasteiger partial charge in [-0.05, 0) is 18.2 Å². The molecule has 0 unspecified atom stereocenters. The van der Waals surface area contributed by atoms with E-state index in [4.69, 9.17) is 30.8 Å². The van der Waals surface area contributed by atoms with E-state index in [0.717, 1.165) is 6.07 Å². The first-order chi connectivity index (χ1) is 14.8. The molecule has 0 aliphatic heterocycles. The van der Waals surface area contributed by atoms with Crippen LogP contribution in [-0.4, -0.2) is 28.8 Å². The van der Waals surface area contributed by atoms with E-state index in [-0.39, 0.29) is 27.7 Å². The van der Waals surface area contributed by atoms with Gasteiger partial charge in [0.2, 0.25) is 0 Å². The first-order valence-corrected chi connectivity index (χ1v) is 13.5. The van der Waals surface area contributed by atoms with Gasteiger partial charge < -0.3 is 9.47 Å². The molecule has 0 atom stereocenters. The topological polar surface area (TPSA) is 121 Å². The van der Waals surface area contributed by atoms with Crippen molar-refractivity contribution in [3.63, 3.8) is 0 Å². The van der Waals surface area contributed by atoms with Gasteiger partial charge >= 0.3 is 11.9 Å². The lowest BCUT2D eigenvalue weighted by atomic mass is 9.93. The highest BCUT2D eigenvalue weighted by molar-refractivity contribution is 8.14. The van der Waals surface area contributed by atoms with Crippen LogP contribution in [0.4, 0.5) is 0 Å². The van der Waals surface area contributed by atoms with E-state index in [1.165, 1.54) is 44.2 Å². The zero-order chi connectivity index (χ0) is 23.6. The van der Waals surface area contributed by atoms with E-state index in [2.05, 4.69) is 0 Å². The van der Waals surface area contributed by atoms with Crippen LogP contribution in [0.5, 0.6) is 11.5 Å². The van der Waals surface area contributed by atoms with E-state index < -0.39 is 39.8 Å². The molecule has 0 N–H and O–H groups in total. The third-order valence-corrected chi connectivity index (χ3v) is 7.50. The zero-order valence-corrected chi connectivity index (χ0v) is 19.4. The number of ether oxygens (including phenoxy) is 2. The first kappa shape index (κ1) is 22.5. The van der Waals surface area contributed by atoms with E-state index in [0.29, 0.717) is 16.2 Å². The number of hydrogen-bond donors (Lipinski definition) is 0. The minimum absolute atomic E-state index is 0.0325. The Hall–Kier alpha value is -2.66. The van der Waals surface area contributed by atoms with Gasteiger partial charge in [0.15, 0.2) is 0 Å². The molecule has 4 aromatic rings. The summed E-state index contributed by atoms with van der Waals surface area (Å²) in [7, 11) is 2.42. The summed E-state index contributed by atoms with van der Waals surface area (Å²) in [6, 6.07) is 8.08. The van der Waals surface area contributed by atoms with Crippen molar-refractivity contribution in [3.05, 3.63) is 36.4 Å². The van der Waals surface area contributed by atoms with Crippen LogP contribution in [-0.2, 0) is 27.7 Å². The summed E-state index contributed by atoms with van der Waals surface area (Å²) in [6.45, 7) is 2.36. The van der Waals surface area contributed by atoms with Gasteiger partial charge in [-0.25, -0.2) is 16.8 Å². The van der Waals surface area contributed by atoms with Crippen molar-refractivity contribution in [1.29, 1.82) is 0 Å². The summed E-state index contributed by atoms with van der Waals surface area (Å²) in [4.78, 5) is 22.4. The maximum Gasteiger partial charge on any atom is 0.308 e. The number of benzene rings is 4. The number of carbonyl (C=O) groups excluding carboxylic acids is 2. The molecule has 4 rings (SSSR count). The van der Waals surface area contributed by atoms with Crippen LogP contribution in [0.15, 0.2) is 46.2 Å². The average molecular weight is 515 g/mol. The Morgan fingerprint density at radius 3 is 1.34 bits per heavy atom. The van der Waals surface area contributed by atoms with Gasteiger partial charge in [-0.2, -0.15) is 0 Å². The molecule has 166 valence electrons. The number of halogens is 2. The van der Waals surface area contributed by atoms with Gasteiger partial charge in [0.05, 0.1) is 9.79 Å². The standard InChI is InChI=1S/C20H12Cl2O8S2/c1-9(23)29-15-7-16(30-10(2)24)12-4-6-14-18(32(22,27)28)8-17(31(21,25)26)13-5-3-11(15)19(12)20(13)14/h3-8H,1-2H3. The number of esters is 2. The van der Waals surface area contributed by atoms with Gasteiger partial charge in [-0.3, -0.25) is 9.59 Å². The Morgan fingerprint density at radius 2 is 1.00 bits per heavy atom. The molecule has 0 spiro atoms. The molecule has 0 aliphatic carbocycles. The van der Waals surface area contributed by atoms with E-state index >= 15 is 0 Å². The highest BCUT2D eigenvalue weighted by atomic mass is 35.7. The van der Waals surface area contributed by atoms with Gasteiger partial charge in [-0.1, -0.05) is 12.1 Å². The molecule has 0 saturated heterocycles. The van der Waals surface area contributed by atoms with Crippen LogP contribution in [0.25, 0.3) is 32.3 Å². The minimum atomic E-state index is -4.39. The van der Waals surface area contributed by atoms with E-state index in [9.17, 15) is 26.4 Å². The maximum absolute atomic E-state index is 12.3. The molecule has 12 heteroatoms. The molecule has 4 aromatic carbocycles. The van der Waals surface area contributed by atoms with Crippen molar-refractivity contribution >= 4 is 83.7 Å². The van der Waals surface area contributed by atoms with E-state index in [1.807, 2.05) is 0 Å². The summed E-state index contributed by atoms with van der Waals surface area (Å²) >= 11 is 0. The highest BCUT2D eigenvalue weighted by Gasteiger charge is 2.27. The summed E-state index contributed by atoms with van der Waals surface area (Å²) < 4.78 is 59.6. The summed E-state index contributed by atoms with van der Waals surface area (Å²) in [6.07, 6.45) is 0. The second-order valence-electron chi connectivity index (χ2n) is 6.88. The van der Waals surface area contributed by atoms with Crippen molar-refractivity contribution in [2.45, 2.75) is 23.6 Å². The lowest BCUT2D eigenvalue weighted by molar-refractivity contribution is -0.132. The summed E-state index contributed by atoms with van der Waals surface area (Å²) in [5, 5.41) is 1.43. The molecular weight excluding hydrogens is 503 g/mol.